The zero-order valence-electron chi connectivity index (χ0n) is 14.7. The summed E-state index contributed by atoms with van der Waals surface area (Å²) in [6.45, 7) is 7.31. The second kappa shape index (κ2) is 5.78. The van der Waals surface area contributed by atoms with Crippen LogP contribution in [0.5, 0.6) is 0 Å². The summed E-state index contributed by atoms with van der Waals surface area (Å²) >= 11 is 0. The summed E-state index contributed by atoms with van der Waals surface area (Å²) in [6, 6.07) is 7.13. The largest absolute Gasteiger partial charge is 0.353 e. The molecule has 3 fully saturated rings. The fraction of sp³-hybridized carbons (Fsp3) is 0.444. The van der Waals surface area contributed by atoms with Gasteiger partial charge >= 0.3 is 0 Å². The van der Waals surface area contributed by atoms with Gasteiger partial charge in [0.2, 0.25) is 10.0 Å². The molecule has 0 spiro atoms. The van der Waals surface area contributed by atoms with Crippen molar-refractivity contribution < 1.29 is 8.42 Å². The molecular weight excluding hydrogens is 336 g/mol. The summed E-state index contributed by atoms with van der Waals surface area (Å²) in [7, 11) is -3.43. The lowest BCUT2D eigenvalue weighted by Gasteiger charge is -2.55. The molecule has 1 aromatic carbocycles. The number of fused-ring (bicyclic) bond motifs is 2. The zero-order valence-corrected chi connectivity index (χ0v) is 15.5. The molecule has 7 heteroatoms. The van der Waals surface area contributed by atoms with Gasteiger partial charge in [-0.25, -0.2) is 18.4 Å². The number of hydrogen-bond acceptors (Lipinski definition) is 5. The van der Waals surface area contributed by atoms with Crippen molar-refractivity contribution in [1.29, 1.82) is 0 Å². The second-order valence-corrected chi connectivity index (χ2v) is 8.85. The summed E-state index contributed by atoms with van der Waals surface area (Å²) in [5.74, 6) is 0.926. The Morgan fingerprint density at radius 2 is 1.64 bits per heavy atom. The number of sulfonamides is 1. The number of aromatic nitrogens is 2. The van der Waals surface area contributed by atoms with Gasteiger partial charge < -0.3 is 4.90 Å². The Bertz CT molecular complexity index is 899. The van der Waals surface area contributed by atoms with Crippen LogP contribution in [-0.2, 0) is 10.0 Å². The Morgan fingerprint density at radius 1 is 1.00 bits per heavy atom. The number of anilines is 1. The third-order valence-electron chi connectivity index (χ3n) is 5.33. The Balaban J connectivity index is 1.58. The Hall–Kier alpha value is -1.99. The van der Waals surface area contributed by atoms with E-state index >= 15 is 0 Å². The molecule has 132 valence electrons. The lowest BCUT2D eigenvalue weighted by Crippen LogP contribution is -2.70. The van der Waals surface area contributed by atoms with E-state index in [2.05, 4.69) is 14.9 Å². The highest BCUT2D eigenvalue weighted by molar-refractivity contribution is 7.89. The number of piperidine rings is 1. The summed E-state index contributed by atoms with van der Waals surface area (Å²) in [5.41, 5.74) is 3.09. The molecule has 0 N–H and O–H groups in total. The van der Waals surface area contributed by atoms with E-state index in [0.717, 1.165) is 29.1 Å². The molecule has 0 aliphatic carbocycles. The van der Waals surface area contributed by atoms with Crippen molar-refractivity contribution in [3.8, 4) is 0 Å². The zero-order chi connectivity index (χ0) is 17.8. The summed E-state index contributed by atoms with van der Waals surface area (Å²) in [6.07, 6.45) is 2.50. The van der Waals surface area contributed by atoms with E-state index in [9.17, 15) is 8.42 Å². The SMILES string of the molecule is Cc1ccc(S(=O)(=O)N2C3CC2CN(c2ncnc(C)c2C)C3)cc1. The summed E-state index contributed by atoms with van der Waals surface area (Å²) in [4.78, 5) is 11.2. The van der Waals surface area contributed by atoms with Crippen LogP contribution in [0.3, 0.4) is 0 Å². The number of piperazine rings is 1. The van der Waals surface area contributed by atoms with E-state index in [4.69, 9.17) is 0 Å². The molecule has 5 rings (SSSR count). The summed E-state index contributed by atoms with van der Waals surface area (Å²) in [5, 5.41) is 0. The molecular formula is C18H22N4O2S. The van der Waals surface area contributed by atoms with Crippen molar-refractivity contribution in [3.63, 3.8) is 0 Å². The lowest BCUT2D eigenvalue weighted by atomic mass is 9.91. The molecule has 2 atom stereocenters. The van der Waals surface area contributed by atoms with Crippen LogP contribution >= 0.6 is 0 Å². The molecule has 1 aromatic heterocycles. The van der Waals surface area contributed by atoms with Crippen LogP contribution in [0.25, 0.3) is 0 Å². The van der Waals surface area contributed by atoms with Crippen molar-refractivity contribution in [2.45, 2.75) is 44.2 Å². The number of nitrogens with zero attached hydrogens (tertiary/aromatic N) is 4. The minimum absolute atomic E-state index is 0.0136. The van der Waals surface area contributed by atoms with Gasteiger partial charge in [-0.3, -0.25) is 0 Å². The Kier molecular flexibility index (Phi) is 3.81. The van der Waals surface area contributed by atoms with Crippen LogP contribution in [-0.4, -0.2) is 47.9 Å². The average Bonchev–Trinajstić information content (AvgIpc) is 2.57. The van der Waals surface area contributed by atoms with Gasteiger partial charge in [-0.05, 0) is 39.3 Å². The maximum absolute atomic E-state index is 13.0. The molecule has 25 heavy (non-hydrogen) atoms. The molecule has 6 nitrogen and oxygen atoms in total. The third kappa shape index (κ3) is 2.62. The number of aryl methyl sites for hydroxylation is 2. The quantitative estimate of drug-likeness (QED) is 0.840. The maximum atomic E-state index is 13.0. The van der Waals surface area contributed by atoms with Crippen LogP contribution in [0.15, 0.2) is 35.5 Å². The smallest absolute Gasteiger partial charge is 0.243 e. The molecule has 0 saturated carbocycles. The molecule has 0 amide bonds. The Morgan fingerprint density at radius 3 is 2.28 bits per heavy atom. The Labute approximate surface area is 148 Å². The monoisotopic (exact) mass is 358 g/mol. The van der Waals surface area contributed by atoms with E-state index < -0.39 is 10.0 Å². The van der Waals surface area contributed by atoms with Crippen molar-refractivity contribution >= 4 is 15.8 Å². The van der Waals surface area contributed by atoms with Crippen molar-refractivity contribution in [2.24, 2.45) is 0 Å². The number of rotatable bonds is 3. The van der Waals surface area contributed by atoms with E-state index in [-0.39, 0.29) is 12.1 Å². The van der Waals surface area contributed by atoms with Crippen LogP contribution in [0.4, 0.5) is 5.82 Å². The van der Waals surface area contributed by atoms with E-state index in [0.29, 0.717) is 18.0 Å². The fourth-order valence-corrected chi connectivity index (χ4v) is 5.63. The first kappa shape index (κ1) is 16.5. The van der Waals surface area contributed by atoms with Gasteiger partial charge in [-0.1, -0.05) is 17.7 Å². The van der Waals surface area contributed by atoms with Crippen molar-refractivity contribution in [2.75, 3.05) is 18.0 Å². The topological polar surface area (TPSA) is 66.4 Å². The van der Waals surface area contributed by atoms with E-state index in [1.165, 1.54) is 0 Å². The molecule has 3 saturated heterocycles. The van der Waals surface area contributed by atoms with E-state index in [1.807, 2.05) is 32.9 Å². The molecule has 4 heterocycles. The predicted molar refractivity (Wildman–Crippen MR) is 96.1 cm³/mol. The number of benzene rings is 1. The lowest BCUT2D eigenvalue weighted by molar-refractivity contribution is 0.0874. The maximum Gasteiger partial charge on any atom is 0.243 e. The third-order valence-corrected chi connectivity index (χ3v) is 7.35. The first-order chi connectivity index (χ1) is 11.9. The molecule has 2 aromatic rings. The minimum atomic E-state index is -3.43. The highest BCUT2D eigenvalue weighted by atomic mass is 32.2. The minimum Gasteiger partial charge on any atom is -0.353 e. The molecule has 3 aliphatic heterocycles. The number of hydrogen-bond donors (Lipinski definition) is 0. The second-order valence-electron chi connectivity index (χ2n) is 7.00. The first-order valence-electron chi connectivity index (χ1n) is 8.51. The average molecular weight is 358 g/mol. The standard InChI is InChI=1S/C18H22N4O2S/c1-12-4-6-17(7-5-12)25(23,24)22-15-8-16(22)10-21(9-15)18-13(2)14(3)19-11-20-18/h4-7,11,15-16H,8-10H2,1-3H3. The van der Waals surface area contributed by atoms with Gasteiger partial charge in [-0.15, -0.1) is 0 Å². The van der Waals surface area contributed by atoms with Crippen LogP contribution in [0.2, 0.25) is 0 Å². The van der Waals surface area contributed by atoms with Gasteiger partial charge in [-0.2, -0.15) is 4.31 Å². The van der Waals surface area contributed by atoms with Crippen LogP contribution in [0, 0.1) is 20.8 Å². The van der Waals surface area contributed by atoms with Gasteiger partial charge in [0.25, 0.3) is 0 Å². The molecule has 3 aliphatic rings. The van der Waals surface area contributed by atoms with Crippen molar-refractivity contribution in [1.82, 2.24) is 14.3 Å². The van der Waals surface area contributed by atoms with Crippen LogP contribution in [0.1, 0.15) is 23.2 Å². The highest BCUT2D eigenvalue weighted by Gasteiger charge is 2.51. The summed E-state index contributed by atoms with van der Waals surface area (Å²) < 4.78 is 27.7. The predicted octanol–water partition coefficient (Wildman–Crippen LogP) is 2.05. The van der Waals surface area contributed by atoms with Crippen LogP contribution < -0.4 is 4.90 Å². The first-order valence-corrected chi connectivity index (χ1v) is 9.95. The normalized spacial score (nSPS) is 23.4. The van der Waals surface area contributed by atoms with Crippen molar-refractivity contribution in [3.05, 3.63) is 47.4 Å². The fourth-order valence-electron chi connectivity index (χ4n) is 3.82. The van der Waals surface area contributed by atoms with Gasteiger partial charge in [0, 0.05) is 36.4 Å². The van der Waals surface area contributed by atoms with Gasteiger partial charge in [0.15, 0.2) is 0 Å². The molecule has 2 unspecified atom stereocenters. The molecule has 2 bridgehead atoms. The highest BCUT2D eigenvalue weighted by Crippen LogP contribution is 2.39. The van der Waals surface area contributed by atoms with Gasteiger partial charge in [0.05, 0.1) is 4.90 Å². The molecule has 0 radical (unpaired) electrons. The van der Waals surface area contributed by atoms with Gasteiger partial charge in [0.1, 0.15) is 12.1 Å². The van der Waals surface area contributed by atoms with E-state index in [1.54, 1.807) is 22.8 Å².